The van der Waals surface area contributed by atoms with Gasteiger partial charge in [0.1, 0.15) is 0 Å². The minimum Gasteiger partial charge on any atom is -0.493 e. The third kappa shape index (κ3) is 4.38. The molecule has 1 aromatic heterocycles. The van der Waals surface area contributed by atoms with Crippen LogP contribution in [0, 0.1) is 0 Å². The molecule has 0 unspecified atom stereocenters. The SMILES string of the molecule is CCOCCn1c(O)c(N=NC(=S)NC[C@@H]2CCCO2)c2ccccc21. The molecular formula is C18H24N4O3S. The summed E-state index contributed by atoms with van der Waals surface area (Å²) in [7, 11) is 0. The number of nitrogens with zero attached hydrogens (tertiary/aromatic N) is 3. The van der Waals surface area contributed by atoms with Crippen LogP contribution in [0.25, 0.3) is 10.9 Å². The van der Waals surface area contributed by atoms with Crippen LogP contribution in [-0.4, -0.2) is 47.3 Å². The molecule has 1 atom stereocenters. The van der Waals surface area contributed by atoms with Crippen LogP contribution < -0.4 is 5.32 Å². The maximum absolute atomic E-state index is 10.6. The molecule has 0 spiro atoms. The number of thiocarbonyl (C=S) groups is 1. The van der Waals surface area contributed by atoms with E-state index in [4.69, 9.17) is 21.7 Å². The van der Waals surface area contributed by atoms with E-state index < -0.39 is 0 Å². The number of ether oxygens (including phenoxy) is 2. The molecule has 8 heteroatoms. The molecule has 0 radical (unpaired) electrons. The summed E-state index contributed by atoms with van der Waals surface area (Å²) in [5.41, 5.74) is 1.30. The molecule has 2 heterocycles. The van der Waals surface area contributed by atoms with Crippen molar-refractivity contribution in [2.45, 2.75) is 32.4 Å². The number of aromatic nitrogens is 1. The smallest absolute Gasteiger partial charge is 0.220 e. The van der Waals surface area contributed by atoms with E-state index in [1.165, 1.54) is 0 Å². The Hall–Kier alpha value is -2.03. The van der Waals surface area contributed by atoms with Crippen LogP contribution in [0.4, 0.5) is 5.69 Å². The van der Waals surface area contributed by atoms with Gasteiger partial charge in [-0.1, -0.05) is 18.2 Å². The average molecular weight is 376 g/mol. The summed E-state index contributed by atoms with van der Waals surface area (Å²) in [5.74, 6) is 0.0663. The van der Waals surface area contributed by atoms with Gasteiger partial charge in [-0.25, -0.2) is 0 Å². The van der Waals surface area contributed by atoms with Crippen molar-refractivity contribution >= 4 is 33.9 Å². The first-order chi connectivity index (χ1) is 12.7. The molecule has 1 aromatic carbocycles. The van der Waals surface area contributed by atoms with Crippen LogP contribution in [0.5, 0.6) is 5.88 Å². The van der Waals surface area contributed by atoms with Gasteiger partial charge in [0.15, 0.2) is 5.69 Å². The Balaban J connectivity index is 1.73. The second-order valence-corrected chi connectivity index (χ2v) is 6.45. The third-order valence-corrected chi connectivity index (χ3v) is 4.55. The van der Waals surface area contributed by atoms with E-state index in [0.717, 1.165) is 30.4 Å². The predicted molar refractivity (Wildman–Crippen MR) is 104 cm³/mol. The largest absolute Gasteiger partial charge is 0.493 e. The van der Waals surface area contributed by atoms with E-state index in [0.29, 0.717) is 32.0 Å². The van der Waals surface area contributed by atoms with Gasteiger partial charge in [0, 0.05) is 31.7 Å². The molecule has 0 bridgehead atoms. The monoisotopic (exact) mass is 376 g/mol. The second-order valence-electron chi connectivity index (χ2n) is 6.06. The van der Waals surface area contributed by atoms with E-state index >= 15 is 0 Å². The summed E-state index contributed by atoms with van der Waals surface area (Å²) in [6.07, 6.45) is 2.29. The predicted octanol–water partition coefficient (Wildman–Crippen LogP) is 3.52. The number of hydrogen-bond acceptors (Lipinski definition) is 5. The molecular weight excluding hydrogens is 352 g/mol. The fraction of sp³-hybridized carbons (Fsp3) is 0.500. The van der Waals surface area contributed by atoms with Gasteiger partial charge in [-0.15, -0.1) is 10.2 Å². The van der Waals surface area contributed by atoms with E-state index in [9.17, 15) is 5.11 Å². The van der Waals surface area contributed by atoms with Crippen molar-refractivity contribution in [2.24, 2.45) is 10.2 Å². The third-order valence-electron chi connectivity index (χ3n) is 4.33. The number of hydrogen-bond donors (Lipinski definition) is 2. The minimum absolute atomic E-state index is 0.0663. The second kappa shape index (κ2) is 9.07. The van der Waals surface area contributed by atoms with Crippen molar-refractivity contribution in [1.29, 1.82) is 0 Å². The zero-order valence-corrected chi connectivity index (χ0v) is 15.7. The number of rotatable bonds is 7. The van der Waals surface area contributed by atoms with Crippen molar-refractivity contribution in [3.63, 3.8) is 0 Å². The molecule has 3 rings (SSSR count). The number of benzene rings is 1. The molecule has 0 saturated carbocycles. The van der Waals surface area contributed by atoms with Crippen molar-refractivity contribution in [2.75, 3.05) is 26.4 Å². The summed E-state index contributed by atoms with van der Waals surface area (Å²) in [6.45, 7) is 5.06. The lowest BCUT2D eigenvalue weighted by molar-refractivity contribution is 0.114. The van der Waals surface area contributed by atoms with Crippen LogP contribution in [0.3, 0.4) is 0 Å². The highest BCUT2D eigenvalue weighted by Gasteiger charge is 2.17. The molecule has 0 amide bonds. The molecule has 140 valence electrons. The van der Waals surface area contributed by atoms with Gasteiger partial charge in [-0.05, 0) is 38.0 Å². The standard InChI is InChI=1S/C18H24N4O3S/c1-2-24-11-9-22-15-8-4-3-7-14(15)16(17(22)23)20-21-18(26)19-12-13-6-5-10-25-13/h3-4,7-8,13,23H,2,5-6,9-12H2,1H3,(H,19,26)/t13-/m0/s1. The number of azo groups is 1. The molecule has 1 saturated heterocycles. The summed E-state index contributed by atoms with van der Waals surface area (Å²) >= 11 is 5.21. The van der Waals surface area contributed by atoms with Gasteiger partial charge in [-0.2, -0.15) is 0 Å². The highest BCUT2D eigenvalue weighted by molar-refractivity contribution is 7.80. The maximum Gasteiger partial charge on any atom is 0.220 e. The normalized spacial score (nSPS) is 17.3. The minimum atomic E-state index is 0.0663. The van der Waals surface area contributed by atoms with Crippen molar-refractivity contribution in [3.05, 3.63) is 24.3 Å². The molecule has 2 aromatic rings. The highest BCUT2D eigenvalue weighted by atomic mass is 32.1. The maximum atomic E-state index is 10.6. The fourth-order valence-corrected chi connectivity index (χ4v) is 3.16. The van der Waals surface area contributed by atoms with Crippen LogP contribution in [-0.2, 0) is 16.0 Å². The zero-order chi connectivity index (χ0) is 18.4. The molecule has 26 heavy (non-hydrogen) atoms. The topological polar surface area (TPSA) is 80.4 Å². The van der Waals surface area contributed by atoms with Crippen LogP contribution in [0.1, 0.15) is 19.8 Å². The van der Waals surface area contributed by atoms with Gasteiger partial charge in [0.05, 0.1) is 18.2 Å². The van der Waals surface area contributed by atoms with Gasteiger partial charge >= 0.3 is 0 Å². The Bertz CT molecular complexity index is 784. The number of nitrogens with one attached hydrogen (secondary N) is 1. The van der Waals surface area contributed by atoms with Gasteiger partial charge < -0.3 is 24.5 Å². The molecule has 7 nitrogen and oxygen atoms in total. The zero-order valence-electron chi connectivity index (χ0n) is 14.9. The Morgan fingerprint density at radius 3 is 3.08 bits per heavy atom. The molecule has 1 fully saturated rings. The Kier molecular flexibility index (Phi) is 6.54. The van der Waals surface area contributed by atoms with Crippen molar-refractivity contribution < 1.29 is 14.6 Å². The van der Waals surface area contributed by atoms with Crippen LogP contribution in [0.2, 0.25) is 0 Å². The number of aromatic hydroxyl groups is 1. The lowest BCUT2D eigenvalue weighted by atomic mass is 10.2. The first-order valence-electron chi connectivity index (χ1n) is 8.89. The van der Waals surface area contributed by atoms with E-state index in [2.05, 4.69) is 15.5 Å². The van der Waals surface area contributed by atoms with E-state index in [-0.39, 0.29) is 17.1 Å². The summed E-state index contributed by atoms with van der Waals surface area (Å²) in [6, 6.07) is 7.67. The Morgan fingerprint density at radius 1 is 1.46 bits per heavy atom. The van der Waals surface area contributed by atoms with E-state index in [1.54, 1.807) is 4.57 Å². The average Bonchev–Trinajstić information content (AvgIpc) is 3.26. The summed E-state index contributed by atoms with van der Waals surface area (Å²) in [5, 5.41) is 23.0. The Morgan fingerprint density at radius 2 is 2.31 bits per heavy atom. The van der Waals surface area contributed by atoms with Crippen molar-refractivity contribution in [3.8, 4) is 5.88 Å². The molecule has 0 aliphatic carbocycles. The first-order valence-corrected chi connectivity index (χ1v) is 9.30. The quantitative estimate of drug-likeness (QED) is 0.439. The van der Waals surface area contributed by atoms with Crippen molar-refractivity contribution in [1.82, 2.24) is 9.88 Å². The highest BCUT2D eigenvalue weighted by Crippen LogP contribution is 2.38. The summed E-state index contributed by atoms with van der Waals surface area (Å²) in [4.78, 5) is 0. The van der Waals surface area contributed by atoms with Crippen LogP contribution >= 0.6 is 12.2 Å². The van der Waals surface area contributed by atoms with Gasteiger partial charge in [0.25, 0.3) is 0 Å². The fourth-order valence-electron chi connectivity index (χ4n) is 3.03. The Labute approximate surface area is 158 Å². The number of para-hydroxylation sites is 1. The molecule has 1 aliphatic heterocycles. The molecule has 1 aliphatic rings. The first kappa shape index (κ1) is 18.8. The van der Waals surface area contributed by atoms with Crippen LogP contribution in [0.15, 0.2) is 34.5 Å². The molecule has 2 N–H and O–H groups in total. The lowest BCUT2D eigenvalue weighted by Gasteiger charge is -2.09. The van der Waals surface area contributed by atoms with Gasteiger partial charge in [0.2, 0.25) is 11.0 Å². The van der Waals surface area contributed by atoms with E-state index in [1.807, 2.05) is 31.2 Å². The number of fused-ring (bicyclic) bond motifs is 1. The lowest BCUT2D eigenvalue weighted by Crippen LogP contribution is -2.29. The summed E-state index contributed by atoms with van der Waals surface area (Å²) < 4.78 is 12.7. The van der Waals surface area contributed by atoms with Gasteiger partial charge in [-0.3, -0.25) is 0 Å².